The van der Waals surface area contributed by atoms with Crippen LogP contribution < -0.4 is 5.32 Å². The third kappa shape index (κ3) is 3.23. The molecule has 0 radical (unpaired) electrons. The number of benzene rings is 1. The van der Waals surface area contributed by atoms with Gasteiger partial charge in [-0.3, -0.25) is 0 Å². The lowest BCUT2D eigenvalue weighted by Crippen LogP contribution is -2.04. The molecule has 88 valence electrons. The second kappa shape index (κ2) is 5.23. The van der Waals surface area contributed by atoms with Crippen LogP contribution >= 0.6 is 15.9 Å². The van der Waals surface area contributed by atoms with Gasteiger partial charge in [0.25, 0.3) is 0 Å². The Hall–Kier alpha value is -1.49. The van der Waals surface area contributed by atoms with Gasteiger partial charge in [-0.25, -0.2) is 14.4 Å². The number of anilines is 1. The number of rotatable bonds is 3. The fraction of sp³-hybridized carbons (Fsp3) is 0.167. The molecule has 0 unspecified atom stereocenters. The predicted molar refractivity (Wildman–Crippen MR) is 68.2 cm³/mol. The second-order valence-corrected chi connectivity index (χ2v) is 4.49. The highest BCUT2D eigenvalue weighted by molar-refractivity contribution is 9.10. The van der Waals surface area contributed by atoms with E-state index in [1.807, 2.05) is 6.92 Å². The Morgan fingerprint density at radius 1 is 1.35 bits per heavy atom. The van der Waals surface area contributed by atoms with Crippen LogP contribution in [0.1, 0.15) is 11.5 Å². The Balaban J connectivity index is 2.09. The van der Waals surface area contributed by atoms with Gasteiger partial charge in [-0.2, -0.15) is 0 Å². The molecule has 0 saturated heterocycles. The molecule has 5 heteroatoms. The summed E-state index contributed by atoms with van der Waals surface area (Å²) in [4.78, 5) is 8.24. The topological polar surface area (TPSA) is 37.8 Å². The fourth-order valence-electron chi connectivity index (χ4n) is 1.42. The third-order valence-corrected chi connectivity index (χ3v) is 2.72. The molecule has 1 aromatic heterocycles. The number of aryl methyl sites for hydroxylation is 1. The predicted octanol–water partition coefficient (Wildman–Crippen LogP) is 3.30. The average Bonchev–Trinajstić information content (AvgIpc) is 2.30. The maximum absolute atomic E-state index is 13.4. The van der Waals surface area contributed by atoms with Crippen molar-refractivity contribution in [2.24, 2.45) is 0 Å². The minimum atomic E-state index is -0.279. The monoisotopic (exact) mass is 295 g/mol. The smallest absolute Gasteiger partial charge is 0.146 e. The first-order chi connectivity index (χ1) is 8.15. The van der Waals surface area contributed by atoms with Crippen LogP contribution in [0.25, 0.3) is 0 Å². The van der Waals surface area contributed by atoms with E-state index in [1.165, 1.54) is 6.07 Å². The van der Waals surface area contributed by atoms with Gasteiger partial charge >= 0.3 is 0 Å². The van der Waals surface area contributed by atoms with E-state index in [0.29, 0.717) is 18.1 Å². The molecule has 17 heavy (non-hydrogen) atoms. The van der Waals surface area contributed by atoms with Crippen LogP contribution in [0.15, 0.2) is 34.9 Å². The van der Waals surface area contributed by atoms with Crippen LogP contribution in [-0.2, 0) is 6.54 Å². The van der Waals surface area contributed by atoms with Crippen molar-refractivity contribution < 1.29 is 4.39 Å². The lowest BCUT2D eigenvalue weighted by molar-refractivity contribution is 0.629. The van der Waals surface area contributed by atoms with Crippen molar-refractivity contribution in [1.82, 2.24) is 9.97 Å². The van der Waals surface area contributed by atoms with Crippen molar-refractivity contribution >= 4 is 21.6 Å². The Kier molecular flexibility index (Phi) is 3.68. The summed E-state index contributed by atoms with van der Waals surface area (Å²) in [6.45, 7) is 2.29. The largest absolute Gasteiger partial charge is 0.377 e. The van der Waals surface area contributed by atoms with Crippen molar-refractivity contribution in [1.29, 1.82) is 0 Å². The van der Waals surface area contributed by atoms with Gasteiger partial charge in [0, 0.05) is 10.7 Å². The first kappa shape index (κ1) is 12.0. The molecule has 1 heterocycles. The number of nitrogens with one attached hydrogen (secondary N) is 1. The molecule has 3 nitrogen and oxygen atoms in total. The number of hydrogen-bond donors (Lipinski definition) is 1. The lowest BCUT2D eigenvalue weighted by atomic mass is 10.3. The first-order valence-corrected chi connectivity index (χ1v) is 5.92. The van der Waals surface area contributed by atoms with E-state index < -0.39 is 0 Å². The zero-order chi connectivity index (χ0) is 12.3. The summed E-state index contributed by atoms with van der Waals surface area (Å²) in [5.74, 6) is 0.429. The van der Waals surface area contributed by atoms with Crippen LogP contribution in [0.3, 0.4) is 0 Å². The standard InChI is InChI=1S/C12H11BrFN3/c1-8-15-5-4-10(17-8)7-16-12-6-9(13)2-3-11(12)14/h2-6,16H,7H2,1H3. The molecule has 1 N–H and O–H groups in total. The number of hydrogen-bond acceptors (Lipinski definition) is 3. The van der Waals surface area contributed by atoms with Gasteiger partial charge in [0.1, 0.15) is 11.6 Å². The summed E-state index contributed by atoms with van der Waals surface area (Å²) in [7, 11) is 0. The van der Waals surface area contributed by atoms with E-state index in [2.05, 4.69) is 31.2 Å². The maximum atomic E-state index is 13.4. The molecule has 0 atom stereocenters. The van der Waals surface area contributed by atoms with Crippen LogP contribution in [0, 0.1) is 12.7 Å². The van der Waals surface area contributed by atoms with Crippen LogP contribution in [0.4, 0.5) is 10.1 Å². The Bertz CT molecular complexity index is 531. The highest BCUT2D eigenvalue weighted by Gasteiger charge is 2.03. The first-order valence-electron chi connectivity index (χ1n) is 5.12. The minimum absolute atomic E-state index is 0.279. The zero-order valence-corrected chi connectivity index (χ0v) is 10.8. The van der Waals surface area contributed by atoms with E-state index in [4.69, 9.17) is 0 Å². The fourth-order valence-corrected chi connectivity index (χ4v) is 1.78. The van der Waals surface area contributed by atoms with Crippen LogP contribution in [0.5, 0.6) is 0 Å². The number of aromatic nitrogens is 2. The Morgan fingerprint density at radius 3 is 2.94 bits per heavy atom. The summed E-state index contributed by atoms with van der Waals surface area (Å²) >= 11 is 3.30. The van der Waals surface area contributed by atoms with Crippen LogP contribution in [-0.4, -0.2) is 9.97 Å². The van der Waals surface area contributed by atoms with Gasteiger partial charge in [0.15, 0.2) is 0 Å². The van der Waals surface area contributed by atoms with Gasteiger partial charge in [-0.1, -0.05) is 15.9 Å². The van der Waals surface area contributed by atoms with E-state index >= 15 is 0 Å². The average molecular weight is 296 g/mol. The molecule has 0 spiro atoms. The van der Waals surface area contributed by atoms with E-state index in [-0.39, 0.29) is 5.82 Å². The van der Waals surface area contributed by atoms with Gasteiger partial charge < -0.3 is 5.32 Å². The highest BCUT2D eigenvalue weighted by Crippen LogP contribution is 2.20. The molecule has 2 rings (SSSR count). The maximum Gasteiger partial charge on any atom is 0.146 e. The number of nitrogens with zero attached hydrogens (tertiary/aromatic N) is 2. The summed E-state index contributed by atoms with van der Waals surface area (Å²) in [6.07, 6.45) is 1.69. The molecule has 2 aromatic rings. The molecule has 0 aliphatic carbocycles. The third-order valence-electron chi connectivity index (χ3n) is 2.22. The highest BCUT2D eigenvalue weighted by atomic mass is 79.9. The van der Waals surface area contributed by atoms with E-state index in [9.17, 15) is 4.39 Å². The van der Waals surface area contributed by atoms with Gasteiger partial charge in [-0.15, -0.1) is 0 Å². The van der Waals surface area contributed by atoms with Crippen molar-refractivity contribution in [3.63, 3.8) is 0 Å². The Morgan fingerprint density at radius 2 is 2.18 bits per heavy atom. The summed E-state index contributed by atoms with van der Waals surface area (Å²) in [5.41, 5.74) is 1.28. The molecule has 1 aromatic carbocycles. The molecule has 0 saturated carbocycles. The summed E-state index contributed by atoms with van der Waals surface area (Å²) in [6, 6.07) is 6.58. The zero-order valence-electron chi connectivity index (χ0n) is 9.24. The molecule has 0 aliphatic rings. The molecular formula is C12H11BrFN3. The molecule has 0 fully saturated rings. The molecule has 0 aliphatic heterocycles. The molecular weight excluding hydrogens is 285 g/mol. The molecule has 0 bridgehead atoms. The quantitative estimate of drug-likeness (QED) is 0.944. The van der Waals surface area contributed by atoms with E-state index in [0.717, 1.165) is 10.2 Å². The lowest BCUT2D eigenvalue weighted by Gasteiger charge is -2.07. The minimum Gasteiger partial charge on any atom is -0.377 e. The second-order valence-electron chi connectivity index (χ2n) is 3.57. The Labute approximate surface area is 107 Å². The number of halogens is 2. The van der Waals surface area contributed by atoms with Crippen molar-refractivity contribution in [3.8, 4) is 0 Å². The summed E-state index contributed by atoms with van der Waals surface area (Å²) in [5, 5.41) is 3.00. The van der Waals surface area contributed by atoms with Crippen LogP contribution in [0.2, 0.25) is 0 Å². The van der Waals surface area contributed by atoms with Gasteiger partial charge in [0.2, 0.25) is 0 Å². The normalized spacial score (nSPS) is 10.3. The van der Waals surface area contributed by atoms with E-state index in [1.54, 1.807) is 24.4 Å². The SMILES string of the molecule is Cc1nccc(CNc2cc(Br)ccc2F)n1. The van der Waals surface area contributed by atoms with Gasteiger partial charge in [0.05, 0.1) is 17.9 Å². The van der Waals surface area contributed by atoms with Gasteiger partial charge in [-0.05, 0) is 31.2 Å². The van der Waals surface area contributed by atoms with Crippen molar-refractivity contribution in [2.75, 3.05) is 5.32 Å². The van der Waals surface area contributed by atoms with Crippen molar-refractivity contribution in [2.45, 2.75) is 13.5 Å². The van der Waals surface area contributed by atoms with Crippen molar-refractivity contribution in [3.05, 3.63) is 52.3 Å². The molecule has 0 amide bonds. The summed E-state index contributed by atoms with van der Waals surface area (Å²) < 4.78 is 14.3.